The number of hydrogen-bond donors (Lipinski definition) is 0. The third kappa shape index (κ3) is 6.94. The molecule has 0 saturated heterocycles. The second-order valence-electron chi connectivity index (χ2n) is 3.30. The minimum absolute atomic E-state index is 0.758. The van der Waals surface area contributed by atoms with Crippen LogP contribution >= 0.6 is 6.49 Å². The summed E-state index contributed by atoms with van der Waals surface area (Å²) in [6.45, 7) is 5.94. The molecule has 2 nitrogen and oxygen atoms in total. The molecule has 0 aromatic carbocycles. The summed E-state index contributed by atoms with van der Waals surface area (Å²) in [7, 11) is 0. The lowest BCUT2D eigenvalue weighted by molar-refractivity contribution is 0.241. The fourth-order valence-electron chi connectivity index (χ4n) is 0.916. The lowest BCUT2D eigenvalue weighted by Gasteiger charge is -2.20. The molecule has 0 radical (unpaired) electrons. The van der Waals surface area contributed by atoms with Crippen molar-refractivity contribution in [2.45, 2.75) is 46.5 Å². The molecule has 0 N–H and O–H groups in total. The molecule has 0 aromatic rings. The van der Waals surface area contributed by atoms with E-state index >= 15 is 0 Å². The third-order valence-electron chi connectivity index (χ3n) is 1.96. The van der Waals surface area contributed by atoms with E-state index in [4.69, 9.17) is 20.9 Å². The van der Waals surface area contributed by atoms with Crippen molar-refractivity contribution >= 4 is 18.3 Å². The van der Waals surface area contributed by atoms with Crippen LogP contribution in [0.4, 0.5) is 0 Å². The first kappa shape index (κ1) is 14.6. The maximum absolute atomic E-state index is 5.67. The van der Waals surface area contributed by atoms with Crippen molar-refractivity contribution in [3.05, 3.63) is 0 Å². The summed E-state index contributed by atoms with van der Waals surface area (Å²) in [6.07, 6.45) is 5.29. The summed E-state index contributed by atoms with van der Waals surface area (Å²) < 4.78 is 11.3. The van der Waals surface area contributed by atoms with Gasteiger partial charge in [-0.2, -0.15) is 0 Å². The van der Waals surface area contributed by atoms with Crippen molar-refractivity contribution in [2.24, 2.45) is 0 Å². The zero-order chi connectivity index (χ0) is 10.9. The van der Waals surface area contributed by atoms with Gasteiger partial charge in [-0.3, -0.25) is 0 Å². The van der Waals surface area contributed by atoms with Gasteiger partial charge in [0, 0.05) is 6.16 Å². The molecule has 14 heavy (non-hydrogen) atoms. The minimum Gasteiger partial charge on any atom is -0.329 e. The van der Waals surface area contributed by atoms with E-state index in [1.54, 1.807) is 0 Å². The SMILES string of the molecule is CCCCOP(=S)(CC)OCCCC. The van der Waals surface area contributed by atoms with Gasteiger partial charge in [0.2, 0.25) is 0 Å². The molecule has 86 valence electrons. The molecule has 4 heteroatoms. The van der Waals surface area contributed by atoms with E-state index < -0.39 is 6.49 Å². The third-order valence-corrected chi connectivity index (χ3v) is 5.29. The Morgan fingerprint density at radius 1 is 0.929 bits per heavy atom. The minimum atomic E-state index is -1.93. The summed E-state index contributed by atoms with van der Waals surface area (Å²) in [5, 5.41) is 0. The van der Waals surface area contributed by atoms with Crippen molar-refractivity contribution < 1.29 is 9.05 Å². The van der Waals surface area contributed by atoms with E-state index in [1.165, 1.54) is 0 Å². The first-order chi connectivity index (χ1) is 6.68. The van der Waals surface area contributed by atoms with Crippen molar-refractivity contribution in [3.63, 3.8) is 0 Å². The summed E-state index contributed by atoms with van der Waals surface area (Å²) in [4.78, 5) is 0. The van der Waals surface area contributed by atoms with Gasteiger partial charge in [-0.05, 0) is 24.6 Å². The summed E-state index contributed by atoms with van der Waals surface area (Å²) in [5.41, 5.74) is 0. The Morgan fingerprint density at radius 3 is 1.64 bits per heavy atom. The van der Waals surface area contributed by atoms with E-state index in [0.717, 1.165) is 45.1 Å². The van der Waals surface area contributed by atoms with E-state index in [9.17, 15) is 0 Å². The van der Waals surface area contributed by atoms with Crippen LogP contribution in [0.5, 0.6) is 0 Å². The molecule has 0 spiro atoms. The Labute approximate surface area is 93.5 Å². The highest BCUT2D eigenvalue weighted by Gasteiger charge is 2.15. The molecule has 0 atom stereocenters. The Hall–Kier alpha value is 0.570. The van der Waals surface area contributed by atoms with Gasteiger partial charge in [0.25, 0.3) is 0 Å². The highest BCUT2D eigenvalue weighted by atomic mass is 32.5. The normalized spacial score (nSPS) is 11.9. The predicted molar refractivity (Wildman–Crippen MR) is 66.5 cm³/mol. The Morgan fingerprint density at radius 2 is 1.36 bits per heavy atom. The van der Waals surface area contributed by atoms with Gasteiger partial charge in [0.1, 0.15) is 0 Å². The largest absolute Gasteiger partial charge is 0.329 e. The lowest BCUT2D eigenvalue weighted by Crippen LogP contribution is -2.00. The van der Waals surface area contributed by atoms with Crippen molar-refractivity contribution in [1.29, 1.82) is 0 Å². The van der Waals surface area contributed by atoms with E-state index in [2.05, 4.69) is 20.8 Å². The lowest BCUT2D eigenvalue weighted by atomic mass is 10.4. The first-order valence-corrected chi connectivity index (χ1v) is 8.39. The van der Waals surface area contributed by atoms with Crippen LogP contribution in [0.3, 0.4) is 0 Å². The average molecular weight is 238 g/mol. The Kier molecular flexibility index (Phi) is 9.20. The Balaban J connectivity index is 3.74. The number of hydrogen-bond acceptors (Lipinski definition) is 3. The van der Waals surface area contributed by atoms with Gasteiger partial charge in [0.05, 0.1) is 13.2 Å². The van der Waals surface area contributed by atoms with Gasteiger partial charge < -0.3 is 9.05 Å². The second-order valence-corrected chi connectivity index (χ2v) is 7.34. The van der Waals surface area contributed by atoms with E-state index in [1.807, 2.05) is 0 Å². The van der Waals surface area contributed by atoms with Gasteiger partial charge in [-0.1, -0.05) is 33.6 Å². The van der Waals surface area contributed by atoms with Crippen LogP contribution in [0, 0.1) is 0 Å². The molecule has 0 aliphatic carbocycles. The smallest absolute Gasteiger partial charge is 0.188 e. The molecular weight excluding hydrogens is 215 g/mol. The van der Waals surface area contributed by atoms with Crippen LogP contribution in [0.25, 0.3) is 0 Å². The quantitative estimate of drug-likeness (QED) is 0.447. The zero-order valence-electron chi connectivity index (χ0n) is 9.62. The standard InChI is InChI=1S/C10H23O2PS/c1-4-7-9-11-13(14,6-3)12-10-8-5-2/h4-10H2,1-3H3. The molecule has 0 fully saturated rings. The summed E-state index contributed by atoms with van der Waals surface area (Å²) >= 11 is 5.40. The topological polar surface area (TPSA) is 18.5 Å². The van der Waals surface area contributed by atoms with Crippen molar-refractivity contribution in [1.82, 2.24) is 0 Å². The number of unbranched alkanes of at least 4 members (excludes halogenated alkanes) is 2. The van der Waals surface area contributed by atoms with Crippen molar-refractivity contribution in [2.75, 3.05) is 19.4 Å². The monoisotopic (exact) mass is 238 g/mol. The number of rotatable bonds is 9. The molecule has 0 aliphatic rings. The molecule has 0 bridgehead atoms. The molecule has 0 amide bonds. The fraction of sp³-hybridized carbons (Fsp3) is 1.00. The molecule has 0 heterocycles. The maximum Gasteiger partial charge on any atom is 0.188 e. The van der Waals surface area contributed by atoms with Gasteiger partial charge in [0.15, 0.2) is 6.49 Å². The van der Waals surface area contributed by atoms with E-state index in [0.29, 0.717) is 0 Å². The second kappa shape index (κ2) is 8.84. The maximum atomic E-state index is 5.67. The highest BCUT2D eigenvalue weighted by molar-refractivity contribution is 8.09. The van der Waals surface area contributed by atoms with Crippen LogP contribution in [0.15, 0.2) is 0 Å². The van der Waals surface area contributed by atoms with Crippen molar-refractivity contribution in [3.8, 4) is 0 Å². The molecule has 0 aromatic heterocycles. The summed E-state index contributed by atoms with van der Waals surface area (Å²) in [6, 6.07) is 0. The molecular formula is C10H23O2PS. The van der Waals surface area contributed by atoms with Crippen LogP contribution in [0.2, 0.25) is 0 Å². The zero-order valence-corrected chi connectivity index (χ0v) is 11.3. The fourth-order valence-corrected chi connectivity index (χ4v) is 2.62. The van der Waals surface area contributed by atoms with Crippen LogP contribution in [0.1, 0.15) is 46.5 Å². The van der Waals surface area contributed by atoms with Crippen LogP contribution < -0.4 is 0 Å². The molecule has 0 rings (SSSR count). The summed E-state index contributed by atoms with van der Waals surface area (Å²) in [5.74, 6) is 0. The first-order valence-electron chi connectivity index (χ1n) is 5.56. The molecule has 0 saturated carbocycles. The molecule has 0 unspecified atom stereocenters. The van der Waals surface area contributed by atoms with Gasteiger partial charge >= 0.3 is 0 Å². The Bertz CT molecular complexity index is 160. The van der Waals surface area contributed by atoms with Gasteiger partial charge in [-0.15, -0.1) is 0 Å². The van der Waals surface area contributed by atoms with Crippen LogP contribution in [-0.2, 0) is 20.9 Å². The van der Waals surface area contributed by atoms with E-state index in [-0.39, 0.29) is 0 Å². The highest BCUT2D eigenvalue weighted by Crippen LogP contribution is 2.48. The van der Waals surface area contributed by atoms with Gasteiger partial charge in [-0.25, -0.2) is 0 Å². The predicted octanol–water partition coefficient (Wildman–Crippen LogP) is 3.95. The average Bonchev–Trinajstić information content (AvgIpc) is 2.19. The van der Waals surface area contributed by atoms with Crippen LogP contribution in [-0.4, -0.2) is 19.4 Å². The molecule has 0 aliphatic heterocycles.